The molecule has 1 aromatic carbocycles. The summed E-state index contributed by atoms with van der Waals surface area (Å²) in [7, 11) is 0. The van der Waals surface area contributed by atoms with Crippen molar-refractivity contribution in [1.29, 1.82) is 0 Å². The molecule has 1 aromatic heterocycles. The number of pyridine rings is 1. The second-order valence-electron chi connectivity index (χ2n) is 4.33. The van der Waals surface area contributed by atoms with E-state index in [-0.39, 0.29) is 6.04 Å². The van der Waals surface area contributed by atoms with Gasteiger partial charge in [0.2, 0.25) is 0 Å². The quantitative estimate of drug-likeness (QED) is 0.827. The summed E-state index contributed by atoms with van der Waals surface area (Å²) in [5.41, 5.74) is 7.22. The molecule has 0 aliphatic carbocycles. The number of nitrogens with two attached hydrogens (primary N) is 1. The molecular weight excluding hydrogens is 313 g/mol. The molecule has 6 heteroatoms. The third kappa shape index (κ3) is 3.60. The number of aromatic nitrogens is 1. The Balaban J connectivity index is 2.14. The van der Waals surface area contributed by atoms with E-state index >= 15 is 0 Å². The number of hydrogen-bond acceptors (Lipinski definition) is 3. The molecule has 2 aromatic rings. The normalized spacial score (nSPS) is 11.9. The van der Waals surface area contributed by atoms with Crippen molar-refractivity contribution in [2.24, 2.45) is 5.73 Å². The lowest BCUT2D eigenvalue weighted by molar-refractivity contribution is 0.875. The Bertz CT molecular complexity index is 629. The van der Waals surface area contributed by atoms with Crippen LogP contribution < -0.4 is 11.1 Å². The zero-order valence-electron chi connectivity index (χ0n) is 10.7. The van der Waals surface area contributed by atoms with E-state index in [4.69, 9.17) is 41.2 Å². The number of anilines is 1. The third-order valence-corrected chi connectivity index (χ3v) is 3.64. The lowest BCUT2D eigenvalue weighted by atomic mass is 10.1. The summed E-state index contributed by atoms with van der Waals surface area (Å²) in [4.78, 5) is 4.60. The zero-order chi connectivity index (χ0) is 14.7. The van der Waals surface area contributed by atoms with Crippen LogP contribution in [0.2, 0.25) is 10.0 Å². The van der Waals surface area contributed by atoms with Gasteiger partial charge in [0.1, 0.15) is 10.8 Å². The summed E-state index contributed by atoms with van der Waals surface area (Å²) < 4.78 is 0. The second kappa shape index (κ2) is 6.39. The predicted molar refractivity (Wildman–Crippen MR) is 88.6 cm³/mol. The first-order valence-corrected chi connectivity index (χ1v) is 7.11. The molecule has 0 aliphatic rings. The average molecular weight is 326 g/mol. The zero-order valence-corrected chi connectivity index (χ0v) is 13.1. The molecule has 1 unspecified atom stereocenters. The molecule has 0 aliphatic heterocycles. The summed E-state index contributed by atoms with van der Waals surface area (Å²) in [6.07, 6.45) is 1.64. The smallest absolute Gasteiger partial charge is 0.126 e. The first-order chi connectivity index (χ1) is 9.47. The summed E-state index contributed by atoms with van der Waals surface area (Å²) in [6, 6.07) is 9.08. The Morgan fingerprint density at radius 1 is 1.30 bits per heavy atom. The van der Waals surface area contributed by atoms with Gasteiger partial charge in [-0.1, -0.05) is 41.5 Å². The Kier molecular flexibility index (Phi) is 4.81. The van der Waals surface area contributed by atoms with Crippen LogP contribution in [0.5, 0.6) is 0 Å². The maximum Gasteiger partial charge on any atom is 0.126 e. The number of thiocarbonyl (C=S) groups is 1. The van der Waals surface area contributed by atoms with Crippen LogP contribution in [-0.4, -0.2) is 9.97 Å². The molecule has 2 rings (SSSR count). The molecule has 3 nitrogen and oxygen atoms in total. The molecule has 0 radical (unpaired) electrons. The molecule has 0 fully saturated rings. The van der Waals surface area contributed by atoms with Crippen LogP contribution in [0.25, 0.3) is 0 Å². The van der Waals surface area contributed by atoms with E-state index < -0.39 is 0 Å². The standard InChI is InChI=1S/C14H13Cl2N3S/c1-8(11-4-3-10(15)6-12(11)16)19-13-5-2-9(7-18-13)14(17)20/h2-8H,1H3,(H2,17,20)(H,18,19). The third-order valence-electron chi connectivity index (χ3n) is 2.84. The summed E-state index contributed by atoms with van der Waals surface area (Å²) in [6.45, 7) is 2.00. The van der Waals surface area contributed by atoms with Crippen LogP contribution in [0.3, 0.4) is 0 Å². The number of nitrogens with zero attached hydrogens (tertiary/aromatic N) is 1. The maximum atomic E-state index is 6.18. The SMILES string of the molecule is CC(Nc1ccc(C(N)=S)cn1)c1ccc(Cl)cc1Cl. The van der Waals surface area contributed by atoms with Crippen molar-refractivity contribution < 1.29 is 0 Å². The second-order valence-corrected chi connectivity index (χ2v) is 5.61. The van der Waals surface area contributed by atoms with Gasteiger partial charge in [-0.25, -0.2) is 4.98 Å². The van der Waals surface area contributed by atoms with Crippen molar-refractivity contribution in [3.8, 4) is 0 Å². The van der Waals surface area contributed by atoms with Gasteiger partial charge in [0.25, 0.3) is 0 Å². The minimum atomic E-state index is 0.00273. The molecule has 0 spiro atoms. The Hall–Kier alpha value is -1.36. The number of halogens is 2. The highest BCUT2D eigenvalue weighted by Crippen LogP contribution is 2.27. The monoisotopic (exact) mass is 325 g/mol. The Labute approximate surface area is 133 Å². The molecule has 3 N–H and O–H groups in total. The van der Waals surface area contributed by atoms with E-state index in [1.165, 1.54) is 0 Å². The highest BCUT2D eigenvalue weighted by Gasteiger charge is 2.10. The van der Waals surface area contributed by atoms with Crippen LogP contribution in [0.1, 0.15) is 24.1 Å². The lowest BCUT2D eigenvalue weighted by Gasteiger charge is -2.16. The van der Waals surface area contributed by atoms with Gasteiger partial charge in [-0.05, 0) is 36.8 Å². The summed E-state index contributed by atoms with van der Waals surface area (Å²) in [5, 5.41) is 4.50. The van der Waals surface area contributed by atoms with Gasteiger partial charge in [0.15, 0.2) is 0 Å². The number of hydrogen-bond donors (Lipinski definition) is 2. The highest BCUT2D eigenvalue weighted by molar-refractivity contribution is 7.80. The van der Waals surface area contributed by atoms with E-state index in [1.807, 2.05) is 31.2 Å². The van der Waals surface area contributed by atoms with Crippen molar-refractivity contribution in [2.45, 2.75) is 13.0 Å². The minimum absolute atomic E-state index is 0.00273. The topological polar surface area (TPSA) is 50.9 Å². The van der Waals surface area contributed by atoms with Crippen molar-refractivity contribution in [2.75, 3.05) is 5.32 Å². The van der Waals surface area contributed by atoms with Gasteiger partial charge >= 0.3 is 0 Å². The fourth-order valence-electron chi connectivity index (χ4n) is 1.78. The molecular formula is C14H13Cl2N3S. The fraction of sp³-hybridized carbons (Fsp3) is 0.143. The molecule has 0 saturated carbocycles. The van der Waals surface area contributed by atoms with Crippen LogP contribution >= 0.6 is 35.4 Å². The van der Waals surface area contributed by atoms with Gasteiger partial charge < -0.3 is 11.1 Å². The van der Waals surface area contributed by atoms with Crippen LogP contribution in [0, 0.1) is 0 Å². The molecule has 0 saturated heterocycles. The van der Waals surface area contributed by atoms with Gasteiger partial charge in [-0.3, -0.25) is 0 Å². The molecule has 1 heterocycles. The first-order valence-electron chi connectivity index (χ1n) is 5.94. The van der Waals surface area contributed by atoms with Gasteiger partial charge in [0.05, 0.1) is 6.04 Å². The molecule has 0 amide bonds. The number of benzene rings is 1. The van der Waals surface area contributed by atoms with Crippen LogP contribution in [0.4, 0.5) is 5.82 Å². The van der Waals surface area contributed by atoms with Gasteiger partial charge in [0, 0.05) is 21.8 Å². The molecule has 104 valence electrons. The highest BCUT2D eigenvalue weighted by atomic mass is 35.5. The number of nitrogens with one attached hydrogen (secondary N) is 1. The Morgan fingerprint density at radius 2 is 2.05 bits per heavy atom. The molecule has 20 heavy (non-hydrogen) atoms. The van der Waals surface area contributed by atoms with E-state index in [0.29, 0.717) is 15.0 Å². The van der Waals surface area contributed by atoms with Crippen LogP contribution in [0.15, 0.2) is 36.5 Å². The first kappa shape index (κ1) is 15.0. The summed E-state index contributed by atoms with van der Waals surface area (Å²) >= 11 is 17.0. The largest absolute Gasteiger partial charge is 0.389 e. The Morgan fingerprint density at radius 3 is 2.60 bits per heavy atom. The van der Waals surface area contributed by atoms with Crippen LogP contribution in [-0.2, 0) is 0 Å². The van der Waals surface area contributed by atoms with E-state index in [0.717, 1.165) is 16.9 Å². The maximum absolute atomic E-state index is 6.18. The van der Waals surface area contributed by atoms with Crippen molar-refractivity contribution in [3.63, 3.8) is 0 Å². The van der Waals surface area contributed by atoms with E-state index in [2.05, 4.69) is 10.3 Å². The van der Waals surface area contributed by atoms with Crippen molar-refractivity contribution in [3.05, 3.63) is 57.7 Å². The average Bonchev–Trinajstić information content (AvgIpc) is 2.39. The fourth-order valence-corrected chi connectivity index (χ4v) is 2.47. The van der Waals surface area contributed by atoms with E-state index in [1.54, 1.807) is 12.3 Å². The summed E-state index contributed by atoms with van der Waals surface area (Å²) in [5.74, 6) is 0.725. The van der Waals surface area contributed by atoms with E-state index in [9.17, 15) is 0 Å². The van der Waals surface area contributed by atoms with Crippen molar-refractivity contribution >= 4 is 46.2 Å². The minimum Gasteiger partial charge on any atom is -0.389 e. The van der Waals surface area contributed by atoms with Gasteiger partial charge in [-0.15, -0.1) is 0 Å². The molecule has 0 bridgehead atoms. The van der Waals surface area contributed by atoms with Gasteiger partial charge in [-0.2, -0.15) is 0 Å². The lowest BCUT2D eigenvalue weighted by Crippen LogP contribution is -2.11. The predicted octanol–water partition coefficient (Wildman–Crippen LogP) is 4.20. The number of rotatable bonds is 4. The molecule has 1 atom stereocenters. The van der Waals surface area contributed by atoms with Crippen molar-refractivity contribution in [1.82, 2.24) is 4.98 Å².